The molecule has 1 aromatic carbocycles. The minimum atomic E-state index is -1.25. The van der Waals surface area contributed by atoms with E-state index in [-0.39, 0.29) is 30.9 Å². The third-order valence-electron chi connectivity index (χ3n) is 8.30. The van der Waals surface area contributed by atoms with Gasteiger partial charge in [0, 0.05) is 38.5 Å². The summed E-state index contributed by atoms with van der Waals surface area (Å²) in [6.45, 7) is 5.56. The van der Waals surface area contributed by atoms with E-state index in [1.165, 1.54) is 0 Å². The van der Waals surface area contributed by atoms with Gasteiger partial charge in [0.25, 0.3) is 0 Å². The number of carbonyl (C=O) groups excluding carboxylic acids is 3. The van der Waals surface area contributed by atoms with E-state index in [9.17, 15) is 19.5 Å². The summed E-state index contributed by atoms with van der Waals surface area (Å²) in [4.78, 5) is 47.5. The lowest BCUT2D eigenvalue weighted by atomic mass is 9.74. The van der Waals surface area contributed by atoms with Crippen LogP contribution in [0, 0.1) is 11.8 Å². The van der Waals surface area contributed by atoms with Gasteiger partial charge in [-0.15, -0.1) is 0 Å². The molecule has 8 nitrogen and oxygen atoms in total. The molecule has 5 atom stereocenters. The number of nitrogens with zero attached hydrogens (tertiary/aromatic N) is 3. The zero-order valence-electron chi connectivity index (χ0n) is 21.7. The van der Waals surface area contributed by atoms with Gasteiger partial charge in [0.05, 0.1) is 17.4 Å². The summed E-state index contributed by atoms with van der Waals surface area (Å²) in [5.41, 5.74) is -1.52. The van der Waals surface area contributed by atoms with Gasteiger partial charge in [-0.1, -0.05) is 62.3 Å². The summed E-state index contributed by atoms with van der Waals surface area (Å²) < 4.78 is 6.81. The molecule has 4 aliphatic rings. The normalized spacial score (nSPS) is 32.9. The fourth-order valence-corrected chi connectivity index (χ4v) is 6.64. The number of amides is 3. The highest BCUT2D eigenvalue weighted by atomic mass is 16.5. The van der Waals surface area contributed by atoms with Crippen LogP contribution in [0.5, 0.6) is 0 Å². The van der Waals surface area contributed by atoms with E-state index in [1.54, 1.807) is 14.7 Å². The van der Waals surface area contributed by atoms with E-state index in [2.05, 4.69) is 6.92 Å². The van der Waals surface area contributed by atoms with Crippen molar-refractivity contribution in [2.75, 3.05) is 37.7 Å². The first kappa shape index (κ1) is 25.7. The maximum Gasteiger partial charge on any atom is 0.249 e. The second-order valence-electron chi connectivity index (χ2n) is 10.7. The van der Waals surface area contributed by atoms with Gasteiger partial charge in [-0.3, -0.25) is 14.4 Å². The van der Waals surface area contributed by atoms with E-state index in [0.29, 0.717) is 26.1 Å². The molecule has 1 aromatic rings. The molecule has 3 amide bonds. The lowest BCUT2D eigenvalue weighted by Gasteiger charge is -2.37. The number of aliphatic hydroxyl groups is 1. The highest BCUT2D eigenvalue weighted by molar-refractivity contribution is 6.04. The van der Waals surface area contributed by atoms with Gasteiger partial charge in [0.15, 0.2) is 0 Å². The average molecular weight is 508 g/mol. The fraction of sp³-hybridized carbons (Fsp3) is 0.552. The van der Waals surface area contributed by atoms with Crippen molar-refractivity contribution in [3.05, 3.63) is 54.6 Å². The number of rotatable bonds is 8. The van der Waals surface area contributed by atoms with Crippen LogP contribution in [0.15, 0.2) is 54.6 Å². The first-order chi connectivity index (χ1) is 17.9. The van der Waals surface area contributed by atoms with Crippen molar-refractivity contribution in [1.82, 2.24) is 9.80 Å². The lowest BCUT2D eigenvalue weighted by Crippen LogP contribution is -2.56. The van der Waals surface area contributed by atoms with Gasteiger partial charge in [-0.25, -0.2) is 0 Å². The van der Waals surface area contributed by atoms with Gasteiger partial charge in [0.2, 0.25) is 17.7 Å². The minimum absolute atomic E-state index is 0.0934. The number of hydrogen-bond donors (Lipinski definition) is 1. The molecule has 4 heterocycles. The second kappa shape index (κ2) is 10.1. The Kier molecular flexibility index (Phi) is 6.98. The molecule has 0 saturated carbocycles. The molecule has 0 aliphatic carbocycles. The maximum absolute atomic E-state index is 14.2. The van der Waals surface area contributed by atoms with E-state index < -0.39 is 29.1 Å². The summed E-state index contributed by atoms with van der Waals surface area (Å²) in [7, 11) is 0. The number of fused-ring (bicyclic) bond motifs is 2. The summed E-state index contributed by atoms with van der Waals surface area (Å²) in [5.74, 6) is -2.20. The van der Waals surface area contributed by atoms with Gasteiger partial charge in [-0.2, -0.15) is 0 Å². The van der Waals surface area contributed by atoms with Crippen LogP contribution in [0.2, 0.25) is 0 Å². The number of ether oxygens (including phenoxy) is 1. The average Bonchev–Trinajstić information content (AvgIpc) is 3.16. The third kappa shape index (κ3) is 4.10. The molecule has 37 heavy (non-hydrogen) atoms. The van der Waals surface area contributed by atoms with E-state index in [4.69, 9.17) is 4.74 Å². The Hall–Kier alpha value is -2.97. The molecule has 1 unspecified atom stereocenters. The van der Waals surface area contributed by atoms with Gasteiger partial charge in [0.1, 0.15) is 11.6 Å². The predicted octanol–water partition coefficient (Wildman–Crippen LogP) is 2.53. The Morgan fingerprint density at radius 1 is 0.919 bits per heavy atom. The predicted molar refractivity (Wildman–Crippen MR) is 140 cm³/mol. The lowest BCUT2D eigenvalue weighted by molar-refractivity contribution is -0.151. The van der Waals surface area contributed by atoms with E-state index >= 15 is 0 Å². The molecule has 5 rings (SSSR count). The Labute approximate surface area is 218 Å². The second-order valence-corrected chi connectivity index (χ2v) is 10.7. The quantitative estimate of drug-likeness (QED) is 0.431. The van der Waals surface area contributed by atoms with Crippen molar-refractivity contribution in [2.45, 2.75) is 56.8 Å². The summed E-state index contributed by atoms with van der Waals surface area (Å²) in [5, 5.41) is 9.55. The summed E-state index contributed by atoms with van der Waals surface area (Å²) >= 11 is 0. The van der Waals surface area contributed by atoms with Crippen LogP contribution in [0.3, 0.4) is 0 Å². The first-order valence-electron chi connectivity index (χ1n) is 13.5. The maximum atomic E-state index is 14.2. The number of para-hydroxylation sites is 1. The van der Waals surface area contributed by atoms with Crippen molar-refractivity contribution in [2.24, 2.45) is 11.8 Å². The van der Waals surface area contributed by atoms with Crippen molar-refractivity contribution >= 4 is 23.4 Å². The smallest absolute Gasteiger partial charge is 0.249 e. The number of aliphatic hydroxyl groups excluding tert-OH is 1. The molecule has 0 bridgehead atoms. The molecule has 8 heteroatoms. The van der Waals surface area contributed by atoms with E-state index in [1.807, 2.05) is 61.6 Å². The van der Waals surface area contributed by atoms with Crippen LogP contribution in [0.25, 0.3) is 0 Å². The Bertz CT molecular complexity index is 1100. The topological polar surface area (TPSA) is 90.4 Å². The van der Waals surface area contributed by atoms with Crippen molar-refractivity contribution < 1.29 is 24.2 Å². The Morgan fingerprint density at radius 2 is 1.68 bits per heavy atom. The number of likely N-dealkylation sites (tertiary alicyclic amines) is 1. The highest BCUT2D eigenvalue weighted by Crippen LogP contribution is 2.57. The fourth-order valence-electron chi connectivity index (χ4n) is 6.64. The molecule has 198 valence electrons. The van der Waals surface area contributed by atoms with Crippen LogP contribution in [-0.2, 0) is 19.1 Å². The SMILES string of the molecule is CCCCCN1CC=C[C@]23O[C@@]4(C)C=CCN(c5ccccc5)C(=O)[C@H]4[C@H]2C(=O)N(CCCO)C3C1=O. The Balaban J connectivity index is 1.57. The third-order valence-corrected chi connectivity index (χ3v) is 8.30. The van der Waals surface area contributed by atoms with Crippen molar-refractivity contribution in [3.63, 3.8) is 0 Å². The monoisotopic (exact) mass is 507 g/mol. The first-order valence-corrected chi connectivity index (χ1v) is 13.5. The largest absolute Gasteiger partial charge is 0.396 e. The molecule has 4 aliphatic heterocycles. The number of benzene rings is 1. The summed E-state index contributed by atoms with van der Waals surface area (Å²) in [6, 6.07) is 8.57. The Morgan fingerprint density at radius 3 is 2.41 bits per heavy atom. The molecule has 1 N–H and O–H groups in total. The molecule has 0 aromatic heterocycles. The van der Waals surface area contributed by atoms with Gasteiger partial charge >= 0.3 is 0 Å². The number of unbranched alkanes of at least 4 members (excludes halogenated alkanes) is 2. The molecule has 0 radical (unpaired) electrons. The van der Waals surface area contributed by atoms with Crippen molar-refractivity contribution in [1.29, 1.82) is 0 Å². The molecule has 2 saturated heterocycles. The number of carbonyl (C=O) groups is 3. The van der Waals surface area contributed by atoms with Crippen LogP contribution < -0.4 is 4.90 Å². The number of anilines is 1. The molecular weight excluding hydrogens is 470 g/mol. The highest BCUT2D eigenvalue weighted by Gasteiger charge is 2.74. The van der Waals surface area contributed by atoms with Crippen LogP contribution in [-0.4, -0.2) is 82.7 Å². The van der Waals surface area contributed by atoms with Gasteiger partial charge < -0.3 is 24.5 Å². The van der Waals surface area contributed by atoms with Crippen LogP contribution >= 0.6 is 0 Å². The summed E-state index contributed by atoms with van der Waals surface area (Å²) in [6.07, 6.45) is 10.9. The van der Waals surface area contributed by atoms with Gasteiger partial charge in [-0.05, 0) is 31.9 Å². The van der Waals surface area contributed by atoms with E-state index in [0.717, 1.165) is 24.9 Å². The molecule has 1 spiro atoms. The van der Waals surface area contributed by atoms with Crippen molar-refractivity contribution in [3.8, 4) is 0 Å². The zero-order valence-corrected chi connectivity index (χ0v) is 21.7. The minimum Gasteiger partial charge on any atom is -0.396 e. The van der Waals surface area contributed by atoms with Crippen LogP contribution in [0.1, 0.15) is 39.5 Å². The standard InChI is InChI=1S/C29H37N3O5/c1-3-4-8-16-30-17-10-15-29-23(26(35)32(19-11-20-33)24(29)27(30)36)22-25(34)31(21-12-6-5-7-13-21)18-9-14-28(22,2)37-29/h5-7,9-10,12-15,22-24,33H,3-4,8,11,16-20H2,1-2H3/t22-,23+,24?,28+,29+/m1/s1. The molecular formula is C29H37N3O5. The molecule has 2 fully saturated rings. The zero-order chi connectivity index (χ0) is 26.2. The number of hydrogen-bond acceptors (Lipinski definition) is 5. The van der Waals surface area contributed by atoms with Crippen LogP contribution in [0.4, 0.5) is 5.69 Å².